The van der Waals surface area contributed by atoms with Gasteiger partial charge in [-0.3, -0.25) is 0 Å². The van der Waals surface area contributed by atoms with Crippen LogP contribution in [0.4, 0.5) is 22.7 Å². The first kappa shape index (κ1) is 16.2. The van der Waals surface area contributed by atoms with Gasteiger partial charge in [0.15, 0.2) is 0 Å². The van der Waals surface area contributed by atoms with Crippen LogP contribution in [0.3, 0.4) is 0 Å². The Bertz CT molecular complexity index is 662. The summed E-state index contributed by atoms with van der Waals surface area (Å²) in [6, 6.07) is 17.8. The van der Waals surface area contributed by atoms with Gasteiger partial charge < -0.3 is 0 Å². The normalized spacial score (nSPS) is 15.9. The van der Waals surface area contributed by atoms with Gasteiger partial charge in [-0.1, -0.05) is 0 Å². The van der Waals surface area contributed by atoms with Gasteiger partial charge in [0.25, 0.3) is 0 Å². The van der Waals surface area contributed by atoms with E-state index in [2.05, 4.69) is 77.8 Å². The monoisotopic (exact) mass is 442 g/mol. The van der Waals surface area contributed by atoms with Crippen molar-refractivity contribution in [2.24, 2.45) is 0 Å². The molecule has 4 nitrogen and oxygen atoms in total. The average Bonchev–Trinajstić information content (AvgIpc) is 3.18. The van der Waals surface area contributed by atoms with Gasteiger partial charge in [-0.25, -0.2) is 0 Å². The molecule has 0 saturated carbocycles. The number of nitrogens with zero attached hydrogens (tertiary/aromatic N) is 4. The minimum absolute atomic E-state index is 0.235. The second-order valence-corrected chi connectivity index (χ2v) is 11.3. The molecule has 4 radical (unpaired) electrons. The molecule has 0 spiro atoms. The third-order valence-corrected chi connectivity index (χ3v) is 10.9. The number of para-hydroxylation sites is 4. The van der Waals surface area contributed by atoms with Gasteiger partial charge in [0, 0.05) is 0 Å². The second-order valence-electron chi connectivity index (χ2n) is 5.97. The number of rotatable bonds is 5. The fourth-order valence-corrected chi connectivity index (χ4v) is 8.52. The molecule has 2 aromatic rings. The summed E-state index contributed by atoms with van der Waals surface area (Å²) < 4.78 is 10.5. The van der Waals surface area contributed by atoms with E-state index >= 15 is 0 Å². The molecule has 0 aliphatic carbocycles. The molecule has 0 amide bonds. The second kappa shape index (κ2) is 6.92. The summed E-state index contributed by atoms with van der Waals surface area (Å²) in [6.07, 6.45) is 0. The zero-order chi connectivity index (χ0) is 16.5. The summed E-state index contributed by atoms with van der Waals surface area (Å²) in [6.45, 7) is 9.07. The Hall–Kier alpha value is -1.27. The molecule has 2 aromatic carbocycles. The van der Waals surface area contributed by atoms with Crippen LogP contribution in [-0.2, 0) is 0 Å². The standard InChI is InChI=1S/C18H22Ge2N4/c1-3-21-15-9-5-7-11-17(15)23(19-21)13-14-24-18-12-8-6-10-16(18)22(4-2)20-24/h5-12H,3-4,13-14H2,1-2H3. The molecular formula is C18H22Ge2N4. The van der Waals surface area contributed by atoms with Crippen LogP contribution in [0.25, 0.3) is 0 Å². The van der Waals surface area contributed by atoms with Crippen LogP contribution in [0.15, 0.2) is 48.5 Å². The van der Waals surface area contributed by atoms with Crippen molar-refractivity contribution < 1.29 is 0 Å². The van der Waals surface area contributed by atoms with Crippen molar-refractivity contribution in [3.63, 3.8) is 0 Å². The zero-order valence-corrected chi connectivity index (χ0v) is 18.4. The van der Waals surface area contributed by atoms with Crippen LogP contribution >= 0.6 is 0 Å². The van der Waals surface area contributed by atoms with E-state index in [1.54, 1.807) is 0 Å². The van der Waals surface area contributed by atoms with Crippen LogP contribution in [0.2, 0.25) is 0 Å². The molecule has 0 fully saturated rings. The van der Waals surface area contributed by atoms with E-state index in [-0.39, 0.29) is 31.8 Å². The first-order valence-corrected chi connectivity index (χ1v) is 12.4. The van der Waals surface area contributed by atoms with Gasteiger partial charge >= 0.3 is 158 Å². The average molecular weight is 440 g/mol. The Morgan fingerprint density at radius 3 is 1.25 bits per heavy atom. The zero-order valence-electron chi connectivity index (χ0n) is 14.2. The molecule has 0 N–H and O–H groups in total. The van der Waals surface area contributed by atoms with E-state index < -0.39 is 0 Å². The summed E-state index contributed by atoms with van der Waals surface area (Å²) in [5.74, 6) is 0. The number of hydrogen-bond donors (Lipinski definition) is 0. The van der Waals surface area contributed by atoms with Crippen molar-refractivity contribution >= 4 is 54.5 Å². The summed E-state index contributed by atoms with van der Waals surface area (Å²) in [5.41, 5.74) is 5.76. The molecule has 2 aliphatic heterocycles. The molecule has 2 aliphatic rings. The Morgan fingerprint density at radius 1 is 0.583 bits per heavy atom. The third-order valence-electron chi connectivity index (χ3n) is 4.59. The summed E-state index contributed by atoms with van der Waals surface area (Å²) >= 11 is -0.469. The van der Waals surface area contributed by atoms with Gasteiger partial charge in [-0.15, -0.1) is 0 Å². The van der Waals surface area contributed by atoms with Crippen LogP contribution in [0, 0.1) is 0 Å². The van der Waals surface area contributed by atoms with Crippen molar-refractivity contribution in [3.05, 3.63) is 48.5 Å². The van der Waals surface area contributed by atoms with Crippen molar-refractivity contribution in [1.82, 2.24) is 0 Å². The Kier molecular flexibility index (Phi) is 4.67. The van der Waals surface area contributed by atoms with Gasteiger partial charge in [0.1, 0.15) is 0 Å². The maximum absolute atomic E-state index is 2.65. The Labute approximate surface area is 158 Å². The van der Waals surface area contributed by atoms with E-state index in [1.807, 2.05) is 0 Å². The number of anilines is 4. The molecule has 24 heavy (non-hydrogen) atoms. The molecule has 0 bridgehead atoms. The molecule has 0 atom stereocenters. The van der Waals surface area contributed by atoms with Crippen LogP contribution in [-0.4, -0.2) is 57.9 Å². The predicted octanol–water partition coefficient (Wildman–Crippen LogP) is 2.75. The van der Waals surface area contributed by atoms with Gasteiger partial charge in [-0.05, 0) is 0 Å². The SMILES string of the molecule is CC[N]1[Ge][N](CC[N]2[Ge][N](CC)c3ccccc32)c2ccccc21. The van der Waals surface area contributed by atoms with Crippen molar-refractivity contribution in [2.75, 3.05) is 41.6 Å². The molecular weight excluding hydrogens is 417 g/mol. The van der Waals surface area contributed by atoms with Gasteiger partial charge in [0.2, 0.25) is 0 Å². The number of benzene rings is 2. The fourth-order valence-electron chi connectivity index (χ4n) is 3.37. The van der Waals surface area contributed by atoms with Crippen molar-refractivity contribution in [2.45, 2.75) is 13.8 Å². The summed E-state index contributed by atoms with van der Waals surface area (Å²) in [5, 5.41) is 0. The van der Waals surface area contributed by atoms with E-state index in [0.717, 1.165) is 26.2 Å². The predicted molar refractivity (Wildman–Crippen MR) is 105 cm³/mol. The molecule has 6 heteroatoms. The summed E-state index contributed by atoms with van der Waals surface area (Å²) in [4.78, 5) is 0. The quantitative estimate of drug-likeness (QED) is 0.664. The van der Waals surface area contributed by atoms with Crippen LogP contribution < -0.4 is 15.4 Å². The van der Waals surface area contributed by atoms with Crippen LogP contribution in [0.5, 0.6) is 0 Å². The molecule has 0 aromatic heterocycles. The van der Waals surface area contributed by atoms with E-state index in [0.29, 0.717) is 0 Å². The van der Waals surface area contributed by atoms with E-state index in [1.165, 1.54) is 22.7 Å². The Morgan fingerprint density at radius 2 is 0.917 bits per heavy atom. The van der Waals surface area contributed by atoms with Crippen molar-refractivity contribution in [3.8, 4) is 0 Å². The van der Waals surface area contributed by atoms with Gasteiger partial charge in [0.05, 0.1) is 0 Å². The molecule has 122 valence electrons. The van der Waals surface area contributed by atoms with Crippen molar-refractivity contribution in [1.29, 1.82) is 0 Å². The molecule has 4 rings (SSSR count). The van der Waals surface area contributed by atoms with E-state index in [4.69, 9.17) is 0 Å². The fraction of sp³-hybridized carbons (Fsp3) is 0.333. The number of hydrogen-bond acceptors (Lipinski definition) is 4. The maximum atomic E-state index is 2.65. The molecule has 0 saturated heterocycles. The van der Waals surface area contributed by atoms with Gasteiger partial charge in [-0.2, -0.15) is 0 Å². The molecule has 2 heterocycles. The van der Waals surface area contributed by atoms with Crippen LogP contribution in [0.1, 0.15) is 13.8 Å². The minimum atomic E-state index is -0.235. The van der Waals surface area contributed by atoms with E-state index in [9.17, 15) is 0 Å². The Balaban J connectivity index is 1.49. The number of fused-ring (bicyclic) bond motifs is 2. The first-order valence-electron chi connectivity index (χ1n) is 8.62. The first-order chi connectivity index (χ1) is 11.8. The summed E-state index contributed by atoms with van der Waals surface area (Å²) in [7, 11) is 0. The third kappa shape index (κ3) is 2.79. The topological polar surface area (TPSA) is 13.0 Å². The molecule has 0 unspecified atom stereocenters.